The number of likely N-dealkylation sites (tertiary alicyclic amines) is 1. The number of rotatable bonds is 4. The standard InChI is InChI=1S/C23H26N2O3.ClH/c1-15(24)17-9-6-12-25(14-17)23(26)22-21(16-7-4-3-5-8-16)19-11-10-18(27-2)13-20(19)28-22;/h3-5,7-8,10-11,13,15,17H,6,9,12,14,24H2,1-2H3;1H. The van der Waals surface area contributed by atoms with Gasteiger partial charge in [0.1, 0.15) is 11.3 Å². The molecule has 2 aromatic carbocycles. The van der Waals surface area contributed by atoms with E-state index in [9.17, 15) is 4.79 Å². The molecule has 2 unspecified atom stereocenters. The molecule has 6 heteroatoms. The molecule has 1 saturated heterocycles. The minimum absolute atomic E-state index is 0. The van der Waals surface area contributed by atoms with E-state index in [1.54, 1.807) is 7.11 Å². The van der Waals surface area contributed by atoms with Crippen molar-refractivity contribution in [2.45, 2.75) is 25.8 Å². The Hall–Kier alpha value is -2.50. The number of amides is 1. The number of halogens is 1. The van der Waals surface area contributed by atoms with Gasteiger partial charge in [-0.1, -0.05) is 30.3 Å². The van der Waals surface area contributed by atoms with Crippen LogP contribution in [0.4, 0.5) is 0 Å². The van der Waals surface area contributed by atoms with Gasteiger partial charge in [-0.05, 0) is 43.4 Å². The second-order valence-corrected chi connectivity index (χ2v) is 7.55. The molecule has 1 aromatic heterocycles. The van der Waals surface area contributed by atoms with Crippen molar-refractivity contribution in [2.75, 3.05) is 20.2 Å². The molecule has 1 aliphatic heterocycles. The highest BCUT2D eigenvalue weighted by molar-refractivity contribution is 6.08. The van der Waals surface area contributed by atoms with Gasteiger partial charge in [0.15, 0.2) is 0 Å². The Labute approximate surface area is 177 Å². The van der Waals surface area contributed by atoms with E-state index in [1.165, 1.54) is 0 Å². The van der Waals surface area contributed by atoms with Gasteiger partial charge in [0.25, 0.3) is 5.91 Å². The summed E-state index contributed by atoms with van der Waals surface area (Å²) in [5.74, 6) is 1.34. The third-order valence-electron chi connectivity index (χ3n) is 5.64. The van der Waals surface area contributed by atoms with Crippen molar-refractivity contribution in [3.05, 3.63) is 54.3 Å². The molecule has 4 rings (SSSR count). The number of piperidine rings is 1. The zero-order valence-electron chi connectivity index (χ0n) is 16.8. The van der Waals surface area contributed by atoms with Crippen molar-refractivity contribution >= 4 is 29.3 Å². The van der Waals surface area contributed by atoms with Gasteiger partial charge in [-0.2, -0.15) is 0 Å². The number of ether oxygens (including phenoxy) is 1. The van der Waals surface area contributed by atoms with Gasteiger partial charge < -0.3 is 19.8 Å². The Kier molecular flexibility index (Phi) is 6.50. The van der Waals surface area contributed by atoms with Gasteiger partial charge in [-0.3, -0.25) is 4.79 Å². The summed E-state index contributed by atoms with van der Waals surface area (Å²) in [6.45, 7) is 3.42. The third-order valence-corrected chi connectivity index (χ3v) is 5.64. The van der Waals surface area contributed by atoms with Crippen LogP contribution in [0.25, 0.3) is 22.1 Å². The molecule has 0 saturated carbocycles. The molecule has 29 heavy (non-hydrogen) atoms. The number of methoxy groups -OCH3 is 1. The molecular weight excluding hydrogens is 388 g/mol. The van der Waals surface area contributed by atoms with Crippen LogP contribution in [-0.2, 0) is 0 Å². The fourth-order valence-electron chi connectivity index (χ4n) is 4.01. The molecule has 1 fully saturated rings. The molecule has 0 bridgehead atoms. The largest absolute Gasteiger partial charge is 0.497 e. The van der Waals surface area contributed by atoms with Crippen LogP contribution in [0.2, 0.25) is 0 Å². The molecule has 1 amide bonds. The van der Waals surface area contributed by atoms with Crippen LogP contribution in [0.15, 0.2) is 52.9 Å². The second-order valence-electron chi connectivity index (χ2n) is 7.55. The molecule has 3 aromatic rings. The summed E-state index contributed by atoms with van der Waals surface area (Å²) in [7, 11) is 1.62. The summed E-state index contributed by atoms with van der Waals surface area (Å²) in [4.78, 5) is 15.3. The van der Waals surface area contributed by atoms with Crippen molar-refractivity contribution in [2.24, 2.45) is 11.7 Å². The highest BCUT2D eigenvalue weighted by atomic mass is 35.5. The topological polar surface area (TPSA) is 68.7 Å². The molecule has 2 N–H and O–H groups in total. The van der Waals surface area contributed by atoms with E-state index < -0.39 is 0 Å². The number of carbonyl (C=O) groups excluding carboxylic acids is 1. The van der Waals surface area contributed by atoms with E-state index in [1.807, 2.05) is 60.4 Å². The van der Waals surface area contributed by atoms with E-state index >= 15 is 0 Å². The molecule has 0 aliphatic carbocycles. The van der Waals surface area contributed by atoms with Crippen molar-refractivity contribution < 1.29 is 13.9 Å². The molecular formula is C23H27ClN2O3. The lowest BCUT2D eigenvalue weighted by Gasteiger charge is -2.34. The van der Waals surface area contributed by atoms with Crippen molar-refractivity contribution in [1.29, 1.82) is 0 Å². The lowest BCUT2D eigenvalue weighted by Crippen LogP contribution is -2.45. The van der Waals surface area contributed by atoms with Crippen molar-refractivity contribution in [1.82, 2.24) is 4.90 Å². The Balaban J connectivity index is 0.00000240. The second kappa shape index (κ2) is 8.89. The summed E-state index contributed by atoms with van der Waals surface area (Å²) in [5.41, 5.74) is 8.57. The van der Waals surface area contributed by atoms with Crippen molar-refractivity contribution in [3.63, 3.8) is 0 Å². The zero-order valence-corrected chi connectivity index (χ0v) is 17.6. The smallest absolute Gasteiger partial charge is 0.290 e. The van der Waals surface area contributed by atoms with Gasteiger partial charge in [0.2, 0.25) is 5.76 Å². The van der Waals surface area contributed by atoms with Gasteiger partial charge in [0.05, 0.1) is 7.11 Å². The number of carbonyl (C=O) groups is 1. The Morgan fingerprint density at radius 2 is 2.00 bits per heavy atom. The fourth-order valence-corrected chi connectivity index (χ4v) is 4.01. The SMILES string of the molecule is COc1ccc2c(-c3ccccc3)c(C(=O)N3CCCC(C(C)N)C3)oc2c1.Cl. The molecule has 2 atom stereocenters. The van der Waals surface area contributed by atoms with E-state index in [2.05, 4.69) is 0 Å². The first-order valence-corrected chi connectivity index (χ1v) is 9.79. The summed E-state index contributed by atoms with van der Waals surface area (Å²) in [5, 5.41) is 0.913. The average molecular weight is 415 g/mol. The van der Waals surface area contributed by atoms with Crippen LogP contribution in [-0.4, -0.2) is 37.0 Å². The Morgan fingerprint density at radius 1 is 1.24 bits per heavy atom. The lowest BCUT2D eigenvalue weighted by molar-refractivity contribution is 0.0632. The van der Waals surface area contributed by atoms with Crippen molar-refractivity contribution in [3.8, 4) is 16.9 Å². The van der Waals surface area contributed by atoms with Crippen LogP contribution >= 0.6 is 12.4 Å². The lowest BCUT2D eigenvalue weighted by atomic mass is 9.92. The summed E-state index contributed by atoms with van der Waals surface area (Å²) in [6, 6.07) is 15.7. The maximum Gasteiger partial charge on any atom is 0.290 e. The number of nitrogens with zero attached hydrogens (tertiary/aromatic N) is 1. The number of hydrogen-bond acceptors (Lipinski definition) is 4. The first kappa shape index (κ1) is 21.2. The van der Waals surface area contributed by atoms with E-state index in [0.717, 1.165) is 35.9 Å². The maximum atomic E-state index is 13.4. The van der Waals surface area contributed by atoms with Gasteiger partial charge in [-0.25, -0.2) is 0 Å². The van der Waals surface area contributed by atoms with E-state index in [-0.39, 0.29) is 24.4 Å². The zero-order chi connectivity index (χ0) is 19.7. The predicted molar refractivity (Wildman–Crippen MR) is 118 cm³/mol. The molecule has 2 heterocycles. The highest BCUT2D eigenvalue weighted by Crippen LogP contribution is 2.37. The first-order chi connectivity index (χ1) is 13.6. The maximum absolute atomic E-state index is 13.4. The minimum atomic E-state index is -0.0700. The van der Waals surface area contributed by atoms with E-state index in [4.69, 9.17) is 14.9 Å². The first-order valence-electron chi connectivity index (χ1n) is 9.79. The van der Waals surface area contributed by atoms with Crippen LogP contribution in [0.5, 0.6) is 5.75 Å². The van der Waals surface area contributed by atoms with Crippen LogP contribution in [0, 0.1) is 5.92 Å². The summed E-state index contributed by atoms with van der Waals surface area (Å²) < 4.78 is 11.4. The number of benzene rings is 2. The molecule has 0 spiro atoms. The summed E-state index contributed by atoms with van der Waals surface area (Å²) >= 11 is 0. The Morgan fingerprint density at radius 3 is 2.69 bits per heavy atom. The average Bonchev–Trinajstić information content (AvgIpc) is 3.12. The fraction of sp³-hybridized carbons (Fsp3) is 0.348. The molecule has 154 valence electrons. The van der Waals surface area contributed by atoms with Gasteiger partial charge >= 0.3 is 0 Å². The Bertz CT molecular complexity index is 984. The number of nitrogens with two attached hydrogens (primary N) is 1. The predicted octanol–water partition coefficient (Wildman–Crippen LogP) is 4.73. The van der Waals surface area contributed by atoms with E-state index in [0.29, 0.717) is 29.6 Å². The molecule has 5 nitrogen and oxygen atoms in total. The monoisotopic (exact) mass is 414 g/mol. The highest BCUT2D eigenvalue weighted by Gasteiger charge is 2.31. The summed E-state index contributed by atoms with van der Waals surface area (Å²) in [6.07, 6.45) is 2.02. The minimum Gasteiger partial charge on any atom is -0.497 e. The normalized spacial score (nSPS) is 17.6. The molecule has 0 radical (unpaired) electrons. The quantitative estimate of drug-likeness (QED) is 0.670. The number of fused-ring (bicyclic) bond motifs is 1. The van der Waals surface area contributed by atoms with Crippen LogP contribution < -0.4 is 10.5 Å². The van der Waals surface area contributed by atoms with Gasteiger partial charge in [0, 0.05) is 36.1 Å². The third kappa shape index (κ3) is 4.11. The number of hydrogen-bond donors (Lipinski definition) is 1. The van der Waals surface area contributed by atoms with Crippen LogP contribution in [0.1, 0.15) is 30.3 Å². The van der Waals surface area contributed by atoms with Gasteiger partial charge in [-0.15, -0.1) is 12.4 Å². The molecule has 1 aliphatic rings. The number of furan rings is 1. The van der Waals surface area contributed by atoms with Crippen LogP contribution in [0.3, 0.4) is 0 Å².